The van der Waals surface area contributed by atoms with Gasteiger partial charge in [-0.3, -0.25) is 0 Å². The first-order chi connectivity index (χ1) is 6.38. The van der Waals surface area contributed by atoms with Gasteiger partial charge in [-0.05, 0) is 37.8 Å². The maximum Gasteiger partial charge on any atom is 0.122 e. The van der Waals surface area contributed by atoms with Crippen LogP contribution in [0.25, 0.3) is 0 Å². The lowest BCUT2D eigenvalue weighted by Crippen LogP contribution is -1.96. The molecule has 1 nitrogen and oxygen atoms in total. The molecule has 0 unspecified atom stereocenters. The molecule has 1 rings (SSSR count). The SMILES string of the molecule is C[CH]CCc1ccccc1OCC. The van der Waals surface area contributed by atoms with Crippen LogP contribution < -0.4 is 4.74 Å². The zero-order valence-electron chi connectivity index (χ0n) is 8.42. The predicted octanol–water partition coefficient (Wildman–Crippen LogP) is 3.24. The van der Waals surface area contributed by atoms with Crippen LogP contribution in [0.3, 0.4) is 0 Å². The molecule has 0 aromatic heterocycles. The molecule has 0 aliphatic rings. The van der Waals surface area contributed by atoms with Gasteiger partial charge < -0.3 is 4.74 Å². The van der Waals surface area contributed by atoms with Crippen molar-refractivity contribution in [1.29, 1.82) is 0 Å². The summed E-state index contributed by atoms with van der Waals surface area (Å²) >= 11 is 0. The van der Waals surface area contributed by atoms with Gasteiger partial charge in [-0.1, -0.05) is 25.1 Å². The molecule has 1 heteroatoms. The van der Waals surface area contributed by atoms with E-state index in [-0.39, 0.29) is 0 Å². The molecule has 0 fully saturated rings. The summed E-state index contributed by atoms with van der Waals surface area (Å²) in [6.45, 7) is 4.85. The van der Waals surface area contributed by atoms with E-state index in [1.807, 2.05) is 19.1 Å². The number of para-hydroxylation sites is 1. The number of benzene rings is 1. The van der Waals surface area contributed by atoms with Gasteiger partial charge in [-0.15, -0.1) is 0 Å². The summed E-state index contributed by atoms with van der Waals surface area (Å²) in [5.41, 5.74) is 1.31. The van der Waals surface area contributed by atoms with E-state index >= 15 is 0 Å². The fraction of sp³-hybridized carbons (Fsp3) is 0.417. The van der Waals surface area contributed by atoms with Crippen molar-refractivity contribution in [2.45, 2.75) is 26.7 Å². The van der Waals surface area contributed by atoms with Crippen LogP contribution in [0.4, 0.5) is 0 Å². The van der Waals surface area contributed by atoms with E-state index in [4.69, 9.17) is 4.74 Å². The van der Waals surface area contributed by atoms with E-state index in [0.29, 0.717) is 0 Å². The number of hydrogen-bond acceptors (Lipinski definition) is 1. The number of aryl methyl sites for hydroxylation is 1. The molecule has 0 aliphatic carbocycles. The van der Waals surface area contributed by atoms with Gasteiger partial charge in [-0.25, -0.2) is 0 Å². The van der Waals surface area contributed by atoms with Gasteiger partial charge in [0.2, 0.25) is 0 Å². The largest absolute Gasteiger partial charge is 0.494 e. The van der Waals surface area contributed by atoms with Crippen LogP contribution in [0.5, 0.6) is 5.75 Å². The van der Waals surface area contributed by atoms with Gasteiger partial charge in [0.05, 0.1) is 6.61 Å². The first kappa shape index (κ1) is 10.1. The van der Waals surface area contributed by atoms with Crippen LogP contribution in [-0.2, 0) is 6.42 Å². The van der Waals surface area contributed by atoms with Gasteiger partial charge in [0.25, 0.3) is 0 Å². The van der Waals surface area contributed by atoms with Crippen LogP contribution in [0, 0.1) is 6.42 Å². The van der Waals surface area contributed by atoms with Gasteiger partial charge in [-0.2, -0.15) is 0 Å². The molecule has 0 saturated carbocycles. The van der Waals surface area contributed by atoms with Crippen LogP contribution in [0.1, 0.15) is 25.8 Å². The first-order valence-electron chi connectivity index (χ1n) is 4.87. The zero-order valence-corrected chi connectivity index (χ0v) is 8.42. The van der Waals surface area contributed by atoms with Gasteiger partial charge >= 0.3 is 0 Å². The Morgan fingerprint density at radius 2 is 2.08 bits per heavy atom. The molecule has 0 aliphatic heterocycles. The lowest BCUT2D eigenvalue weighted by atomic mass is 10.1. The highest BCUT2D eigenvalue weighted by molar-refractivity contribution is 5.33. The van der Waals surface area contributed by atoms with E-state index < -0.39 is 0 Å². The second-order valence-corrected chi connectivity index (χ2v) is 2.99. The number of unbranched alkanes of at least 4 members (excludes halogenated alkanes) is 1. The average molecular weight is 177 g/mol. The minimum Gasteiger partial charge on any atom is -0.494 e. The van der Waals surface area contributed by atoms with Gasteiger partial charge in [0.15, 0.2) is 0 Å². The Hall–Kier alpha value is -0.980. The van der Waals surface area contributed by atoms with Crippen molar-refractivity contribution in [3.05, 3.63) is 36.2 Å². The van der Waals surface area contributed by atoms with Gasteiger partial charge in [0.1, 0.15) is 5.75 Å². The summed E-state index contributed by atoms with van der Waals surface area (Å²) in [5.74, 6) is 1.03. The first-order valence-corrected chi connectivity index (χ1v) is 4.87. The van der Waals surface area contributed by atoms with Crippen molar-refractivity contribution in [1.82, 2.24) is 0 Å². The molecule has 0 bridgehead atoms. The molecule has 1 aromatic carbocycles. The Morgan fingerprint density at radius 1 is 1.31 bits per heavy atom. The summed E-state index contributed by atoms with van der Waals surface area (Å²) in [4.78, 5) is 0. The molecule has 1 aromatic rings. The normalized spacial score (nSPS) is 10.0. The van der Waals surface area contributed by atoms with Crippen molar-refractivity contribution >= 4 is 0 Å². The van der Waals surface area contributed by atoms with Crippen LogP contribution in [0.15, 0.2) is 24.3 Å². The molecule has 0 saturated heterocycles. The Morgan fingerprint density at radius 3 is 2.77 bits per heavy atom. The highest BCUT2D eigenvalue weighted by atomic mass is 16.5. The quantitative estimate of drug-likeness (QED) is 0.671. The monoisotopic (exact) mass is 177 g/mol. The molecular formula is C12H17O. The van der Waals surface area contributed by atoms with E-state index in [1.54, 1.807) is 0 Å². The van der Waals surface area contributed by atoms with E-state index in [9.17, 15) is 0 Å². The van der Waals surface area contributed by atoms with Crippen molar-refractivity contribution in [3.8, 4) is 5.75 Å². The predicted molar refractivity (Wildman–Crippen MR) is 55.9 cm³/mol. The lowest BCUT2D eigenvalue weighted by molar-refractivity contribution is 0.336. The van der Waals surface area contributed by atoms with E-state index in [1.165, 1.54) is 5.56 Å². The topological polar surface area (TPSA) is 9.23 Å². The highest BCUT2D eigenvalue weighted by Gasteiger charge is 2.00. The third kappa shape index (κ3) is 3.10. The van der Waals surface area contributed by atoms with Crippen molar-refractivity contribution in [3.63, 3.8) is 0 Å². The third-order valence-electron chi connectivity index (χ3n) is 1.97. The summed E-state index contributed by atoms with van der Waals surface area (Å²) in [7, 11) is 0. The maximum absolute atomic E-state index is 5.52. The lowest BCUT2D eigenvalue weighted by Gasteiger charge is -2.08. The Bertz CT molecular complexity index is 243. The smallest absolute Gasteiger partial charge is 0.122 e. The van der Waals surface area contributed by atoms with Crippen molar-refractivity contribution in [2.24, 2.45) is 0 Å². The minimum absolute atomic E-state index is 0.743. The van der Waals surface area contributed by atoms with Crippen LogP contribution in [0.2, 0.25) is 0 Å². The summed E-state index contributed by atoms with van der Waals surface area (Å²) < 4.78 is 5.52. The van der Waals surface area contributed by atoms with E-state index in [0.717, 1.165) is 25.2 Å². The Balaban J connectivity index is 2.66. The highest BCUT2D eigenvalue weighted by Crippen LogP contribution is 2.19. The summed E-state index contributed by atoms with van der Waals surface area (Å²) in [6.07, 6.45) is 4.37. The molecule has 0 atom stereocenters. The summed E-state index contributed by atoms with van der Waals surface area (Å²) in [5, 5.41) is 0. The molecule has 0 heterocycles. The Labute approximate surface area is 80.7 Å². The van der Waals surface area contributed by atoms with Crippen molar-refractivity contribution < 1.29 is 4.74 Å². The average Bonchev–Trinajstić information content (AvgIpc) is 2.17. The maximum atomic E-state index is 5.52. The fourth-order valence-electron chi connectivity index (χ4n) is 1.31. The third-order valence-corrected chi connectivity index (χ3v) is 1.97. The second kappa shape index (κ2) is 5.63. The van der Waals surface area contributed by atoms with Crippen LogP contribution >= 0.6 is 0 Å². The zero-order chi connectivity index (χ0) is 9.52. The molecule has 0 amide bonds. The second-order valence-electron chi connectivity index (χ2n) is 2.99. The standard InChI is InChI=1S/C12H17O/c1-3-5-8-11-9-6-7-10-12(11)13-4-2/h3,6-7,9-10H,4-5,8H2,1-2H3. The fourth-order valence-corrected chi connectivity index (χ4v) is 1.31. The molecule has 0 spiro atoms. The molecular weight excluding hydrogens is 160 g/mol. The number of ether oxygens (including phenoxy) is 1. The minimum atomic E-state index is 0.743. The van der Waals surface area contributed by atoms with E-state index in [2.05, 4.69) is 25.5 Å². The molecule has 71 valence electrons. The van der Waals surface area contributed by atoms with Crippen LogP contribution in [-0.4, -0.2) is 6.61 Å². The van der Waals surface area contributed by atoms with Crippen molar-refractivity contribution in [2.75, 3.05) is 6.61 Å². The molecule has 1 radical (unpaired) electrons. The summed E-state index contributed by atoms with van der Waals surface area (Å²) in [6, 6.07) is 8.25. The molecule has 0 N–H and O–H groups in total. The number of rotatable bonds is 5. The Kier molecular flexibility index (Phi) is 4.37. The number of hydrogen-bond donors (Lipinski definition) is 0. The molecule has 13 heavy (non-hydrogen) atoms. The van der Waals surface area contributed by atoms with Gasteiger partial charge in [0, 0.05) is 0 Å².